The van der Waals surface area contributed by atoms with Crippen LogP contribution in [-0.2, 0) is 12.1 Å². The molecule has 174 valence electrons. The Morgan fingerprint density at radius 2 is 1.84 bits per heavy atom. The van der Waals surface area contributed by atoms with E-state index >= 15 is 0 Å². The van der Waals surface area contributed by atoms with E-state index in [9.17, 15) is 9.90 Å². The monoisotopic (exact) mass is 440 g/mol. The van der Waals surface area contributed by atoms with Gasteiger partial charge in [-0.05, 0) is 92.1 Å². The SMILES string of the molecule is Cc1cc2cc(CN(CCCO)C(c3nnnn3C(C)(C)C)C(C)C)c(=O)[nH]c2cc1C. The number of aromatic nitrogens is 5. The van der Waals surface area contributed by atoms with E-state index in [1.54, 1.807) is 0 Å². The molecule has 0 radical (unpaired) electrons. The minimum Gasteiger partial charge on any atom is -0.396 e. The number of pyridine rings is 1. The van der Waals surface area contributed by atoms with E-state index in [2.05, 4.69) is 73.0 Å². The maximum atomic E-state index is 13.0. The normalized spacial score (nSPS) is 13.4. The summed E-state index contributed by atoms with van der Waals surface area (Å²) in [4.78, 5) is 18.2. The number of fused-ring (bicyclic) bond motifs is 1. The summed E-state index contributed by atoms with van der Waals surface area (Å²) in [5.74, 6) is 0.972. The van der Waals surface area contributed by atoms with Gasteiger partial charge in [-0.15, -0.1) is 5.10 Å². The van der Waals surface area contributed by atoms with Gasteiger partial charge in [-0.1, -0.05) is 13.8 Å². The number of nitrogens with zero attached hydrogens (tertiary/aromatic N) is 5. The molecule has 32 heavy (non-hydrogen) atoms. The molecule has 0 saturated carbocycles. The van der Waals surface area contributed by atoms with E-state index < -0.39 is 0 Å². The number of H-pyrrole nitrogens is 1. The van der Waals surface area contributed by atoms with Crippen LogP contribution in [0, 0.1) is 19.8 Å². The summed E-state index contributed by atoms with van der Waals surface area (Å²) < 4.78 is 1.86. The first-order chi connectivity index (χ1) is 15.0. The van der Waals surface area contributed by atoms with E-state index in [4.69, 9.17) is 0 Å². The summed E-state index contributed by atoms with van der Waals surface area (Å²) in [7, 11) is 0. The highest BCUT2D eigenvalue weighted by Crippen LogP contribution is 2.31. The molecular weight excluding hydrogens is 404 g/mol. The predicted octanol–water partition coefficient (Wildman–Crippen LogP) is 3.47. The molecule has 0 aliphatic carbocycles. The van der Waals surface area contributed by atoms with Crippen molar-refractivity contribution in [2.75, 3.05) is 13.2 Å². The lowest BCUT2D eigenvalue weighted by molar-refractivity contribution is 0.116. The van der Waals surface area contributed by atoms with Crippen LogP contribution in [0.3, 0.4) is 0 Å². The summed E-state index contributed by atoms with van der Waals surface area (Å²) in [6.45, 7) is 15.8. The number of benzene rings is 1. The van der Waals surface area contributed by atoms with E-state index in [0.717, 1.165) is 22.3 Å². The molecule has 3 rings (SSSR count). The molecular formula is C24H36N6O2. The Morgan fingerprint density at radius 1 is 1.16 bits per heavy atom. The lowest BCUT2D eigenvalue weighted by atomic mass is 9.98. The van der Waals surface area contributed by atoms with Crippen LogP contribution in [0.25, 0.3) is 10.9 Å². The predicted molar refractivity (Wildman–Crippen MR) is 127 cm³/mol. The first-order valence-corrected chi connectivity index (χ1v) is 11.3. The highest BCUT2D eigenvalue weighted by atomic mass is 16.3. The molecule has 8 heteroatoms. The van der Waals surface area contributed by atoms with Gasteiger partial charge in [0.2, 0.25) is 0 Å². The highest BCUT2D eigenvalue weighted by Gasteiger charge is 2.32. The van der Waals surface area contributed by atoms with Gasteiger partial charge in [0.1, 0.15) is 0 Å². The summed E-state index contributed by atoms with van der Waals surface area (Å²) >= 11 is 0. The molecule has 3 aromatic rings. The number of aliphatic hydroxyl groups is 1. The van der Waals surface area contributed by atoms with Gasteiger partial charge in [-0.3, -0.25) is 9.69 Å². The maximum Gasteiger partial charge on any atom is 0.252 e. The number of aryl methyl sites for hydroxylation is 2. The Bertz CT molecular complexity index is 1130. The molecule has 0 bridgehead atoms. The average molecular weight is 441 g/mol. The average Bonchev–Trinajstić information content (AvgIpc) is 3.17. The molecule has 0 aliphatic rings. The van der Waals surface area contributed by atoms with Crippen molar-refractivity contribution in [3.05, 3.63) is 51.1 Å². The van der Waals surface area contributed by atoms with Crippen molar-refractivity contribution in [3.8, 4) is 0 Å². The summed E-state index contributed by atoms with van der Waals surface area (Å²) in [5, 5.41) is 23.1. The molecule has 1 aromatic carbocycles. The third-order valence-electron chi connectivity index (χ3n) is 5.93. The Labute approximate surface area is 189 Å². The topological polar surface area (TPSA) is 99.9 Å². The number of aromatic amines is 1. The van der Waals surface area contributed by atoms with Gasteiger partial charge in [0.15, 0.2) is 5.82 Å². The first kappa shape index (κ1) is 24.1. The summed E-state index contributed by atoms with van der Waals surface area (Å²) in [6.07, 6.45) is 0.601. The van der Waals surface area contributed by atoms with Crippen LogP contribution in [0.1, 0.15) is 69.6 Å². The molecule has 0 saturated heterocycles. The number of hydrogen-bond donors (Lipinski definition) is 2. The van der Waals surface area contributed by atoms with Crippen molar-refractivity contribution >= 4 is 10.9 Å². The second-order valence-electron chi connectivity index (χ2n) is 10.0. The van der Waals surface area contributed by atoms with Crippen molar-refractivity contribution in [1.29, 1.82) is 0 Å². The zero-order valence-corrected chi connectivity index (χ0v) is 20.3. The van der Waals surface area contributed by atoms with Gasteiger partial charge in [0, 0.05) is 30.8 Å². The van der Waals surface area contributed by atoms with Gasteiger partial charge >= 0.3 is 0 Å². The number of hydrogen-bond acceptors (Lipinski definition) is 6. The Morgan fingerprint density at radius 3 is 2.47 bits per heavy atom. The van der Waals surface area contributed by atoms with E-state index in [1.807, 2.05) is 23.7 Å². The molecule has 0 aliphatic heterocycles. The van der Waals surface area contributed by atoms with E-state index in [0.29, 0.717) is 25.1 Å². The quantitative estimate of drug-likeness (QED) is 0.556. The van der Waals surface area contributed by atoms with Crippen LogP contribution in [-0.4, -0.2) is 48.3 Å². The minimum absolute atomic E-state index is 0.0814. The van der Waals surface area contributed by atoms with Crippen molar-refractivity contribution < 1.29 is 5.11 Å². The van der Waals surface area contributed by atoms with Crippen molar-refractivity contribution in [1.82, 2.24) is 30.1 Å². The van der Waals surface area contributed by atoms with Crippen LogP contribution in [0.15, 0.2) is 23.0 Å². The van der Waals surface area contributed by atoms with Crippen LogP contribution in [0.4, 0.5) is 0 Å². The van der Waals surface area contributed by atoms with Gasteiger partial charge < -0.3 is 10.1 Å². The van der Waals surface area contributed by atoms with Gasteiger partial charge in [0.05, 0.1) is 11.6 Å². The van der Waals surface area contributed by atoms with Crippen molar-refractivity contribution in [2.45, 2.75) is 73.0 Å². The molecule has 0 spiro atoms. The van der Waals surface area contributed by atoms with Crippen LogP contribution in [0.5, 0.6) is 0 Å². The fourth-order valence-electron chi connectivity index (χ4n) is 4.19. The largest absolute Gasteiger partial charge is 0.396 e. The molecule has 8 nitrogen and oxygen atoms in total. The van der Waals surface area contributed by atoms with E-state index in [-0.39, 0.29) is 29.7 Å². The fraction of sp³-hybridized carbons (Fsp3) is 0.583. The fourth-order valence-corrected chi connectivity index (χ4v) is 4.19. The van der Waals surface area contributed by atoms with Crippen LogP contribution in [0.2, 0.25) is 0 Å². The van der Waals surface area contributed by atoms with Gasteiger partial charge in [-0.25, -0.2) is 4.68 Å². The van der Waals surface area contributed by atoms with Crippen LogP contribution < -0.4 is 5.56 Å². The second kappa shape index (κ2) is 9.50. The molecule has 0 amide bonds. The lowest BCUT2D eigenvalue weighted by Gasteiger charge is -2.35. The lowest BCUT2D eigenvalue weighted by Crippen LogP contribution is -2.38. The molecule has 2 heterocycles. The smallest absolute Gasteiger partial charge is 0.252 e. The number of rotatable bonds is 8. The van der Waals surface area contributed by atoms with Gasteiger partial charge in [0.25, 0.3) is 5.56 Å². The second-order valence-corrected chi connectivity index (χ2v) is 10.0. The van der Waals surface area contributed by atoms with Crippen molar-refractivity contribution in [3.63, 3.8) is 0 Å². The summed E-state index contributed by atoms with van der Waals surface area (Å²) in [5.41, 5.74) is 3.52. The van der Waals surface area contributed by atoms with E-state index in [1.165, 1.54) is 5.56 Å². The third kappa shape index (κ3) is 5.07. The Kier molecular flexibility index (Phi) is 7.15. The molecule has 1 atom stereocenters. The zero-order valence-electron chi connectivity index (χ0n) is 20.3. The Balaban J connectivity index is 2.06. The number of tetrazole rings is 1. The standard InChI is InChI=1S/C24H36N6O2/c1-15(2)21(22-26-27-28-30(22)24(5,6)7)29(9-8-10-31)14-19-13-18-11-16(3)17(4)12-20(18)25-23(19)32/h11-13,15,21,31H,8-10,14H2,1-7H3,(H,25,32). The zero-order chi connectivity index (χ0) is 23.6. The number of nitrogens with one attached hydrogen (secondary N) is 1. The Hall–Kier alpha value is -2.58. The highest BCUT2D eigenvalue weighted by molar-refractivity contribution is 5.80. The molecule has 2 N–H and O–H groups in total. The minimum atomic E-state index is -0.273. The number of aliphatic hydroxyl groups excluding tert-OH is 1. The van der Waals surface area contributed by atoms with Crippen molar-refractivity contribution in [2.24, 2.45) is 5.92 Å². The third-order valence-corrected chi connectivity index (χ3v) is 5.93. The molecule has 0 fully saturated rings. The molecule has 1 unspecified atom stereocenters. The first-order valence-electron chi connectivity index (χ1n) is 11.3. The maximum absolute atomic E-state index is 13.0. The van der Waals surface area contributed by atoms with Gasteiger partial charge in [-0.2, -0.15) is 0 Å². The summed E-state index contributed by atoms with van der Waals surface area (Å²) in [6, 6.07) is 6.01. The van der Waals surface area contributed by atoms with Crippen LogP contribution >= 0.6 is 0 Å². The molecule has 2 aromatic heterocycles.